The van der Waals surface area contributed by atoms with Crippen LogP contribution in [0.1, 0.15) is 28.8 Å². The third-order valence-corrected chi connectivity index (χ3v) is 5.43. The normalized spacial score (nSPS) is 14.4. The Hall–Kier alpha value is -3.02. The molecule has 0 bridgehead atoms. The predicted octanol–water partition coefficient (Wildman–Crippen LogP) is 3.38. The van der Waals surface area contributed by atoms with Crippen LogP contribution in [-0.2, 0) is 11.2 Å². The molecule has 0 aliphatic carbocycles. The predicted molar refractivity (Wildman–Crippen MR) is 110 cm³/mol. The number of nitrogens with zero attached hydrogens (tertiary/aromatic N) is 1. The fraction of sp³-hybridized carbons (Fsp3) is 0.391. The van der Waals surface area contributed by atoms with E-state index in [1.807, 2.05) is 17.0 Å². The molecule has 2 aromatic rings. The zero-order chi connectivity index (χ0) is 20.8. The lowest BCUT2D eigenvalue weighted by Crippen LogP contribution is -2.41. The zero-order valence-corrected chi connectivity index (χ0v) is 17.1. The van der Waals surface area contributed by atoms with Crippen LogP contribution in [0.25, 0.3) is 0 Å². The molecular weight excluding hydrogens is 370 g/mol. The molecule has 154 valence electrons. The molecule has 0 spiro atoms. The number of amides is 1. The van der Waals surface area contributed by atoms with E-state index in [0.29, 0.717) is 43.0 Å². The number of hydrogen-bond donors (Lipinski definition) is 0. The molecule has 1 amide bonds. The number of ether oxygens (including phenoxy) is 3. The van der Waals surface area contributed by atoms with Crippen LogP contribution in [0.3, 0.4) is 0 Å². The number of Topliss-reactive ketones (excluding diaryl/α,β-unsaturated/α-hetero) is 1. The second-order valence-corrected chi connectivity index (χ2v) is 7.10. The zero-order valence-electron chi connectivity index (χ0n) is 17.1. The number of rotatable bonds is 7. The van der Waals surface area contributed by atoms with Gasteiger partial charge < -0.3 is 19.1 Å². The first kappa shape index (κ1) is 20.7. The van der Waals surface area contributed by atoms with E-state index in [2.05, 4.69) is 0 Å². The molecule has 0 atom stereocenters. The van der Waals surface area contributed by atoms with Gasteiger partial charge in [-0.1, -0.05) is 6.07 Å². The Morgan fingerprint density at radius 3 is 2.10 bits per heavy atom. The van der Waals surface area contributed by atoms with E-state index in [1.54, 1.807) is 51.7 Å². The first-order chi connectivity index (χ1) is 14.0. The summed E-state index contributed by atoms with van der Waals surface area (Å²) in [5, 5.41) is 0. The summed E-state index contributed by atoms with van der Waals surface area (Å²) >= 11 is 0. The monoisotopic (exact) mass is 397 g/mol. The second kappa shape index (κ2) is 9.45. The summed E-state index contributed by atoms with van der Waals surface area (Å²) in [5.41, 5.74) is 1.52. The molecule has 0 unspecified atom stereocenters. The van der Waals surface area contributed by atoms with E-state index < -0.39 is 0 Å². The quantitative estimate of drug-likeness (QED) is 0.670. The number of hydrogen-bond acceptors (Lipinski definition) is 5. The number of benzene rings is 2. The van der Waals surface area contributed by atoms with Gasteiger partial charge in [0.2, 0.25) is 5.91 Å². The Bertz CT molecular complexity index is 854. The first-order valence-corrected chi connectivity index (χ1v) is 9.72. The topological polar surface area (TPSA) is 65.1 Å². The highest BCUT2D eigenvalue weighted by Crippen LogP contribution is 2.27. The van der Waals surface area contributed by atoms with E-state index >= 15 is 0 Å². The number of likely N-dealkylation sites (tertiary alicyclic amines) is 1. The maximum absolute atomic E-state index is 12.7. The van der Waals surface area contributed by atoms with Crippen LogP contribution in [0.2, 0.25) is 0 Å². The van der Waals surface area contributed by atoms with Gasteiger partial charge in [-0.25, -0.2) is 0 Å². The lowest BCUT2D eigenvalue weighted by atomic mass is 9.88. The van der Waals surface area contributed by atoms with Gasteiger partial charge in [-0.15, -0.1) is 0 Å². The van der Waals surface area contributed by atoms with Crippen molar-refractivity contribution in [3.05, 3.63) is 53.6 Å². The number of methoxy groups -OCH3 is 3. The minimum Gasteiger partial charge on any atom is -0.497 e. The average Bonchev–Trinajstić information content (AvgIpc) is 2.79. The Morgan fingerprint density at radius 1 is 0.897 bits per heavy atom. The van der Waals surface area contributed by atoms with Crippen LogP contribution >= 0.6 is 0 Å². The molecule has 3 rings (SSSR count). The Morgan fingerprint density at radius 2 is 1.52 bits per heavy atom. The fourth-order valence-corrected chi connectivity index (χ4v) is 3.65. The molecule has 1 aliphatic heterocycles. The summed E-state index contributed by atoms with van der Waals surface area (Å²) in [6.45, 7) is 1.17. The van der Waals surface area contributed by atoms with Crippen molar-refractivity contribution in [2.75, 3.05) is 34.4 Å². The summed E-state index contributed by atoms with van der Waals surface area (Å²) in [6, 6.07) is 12.7. The summed E-state index contributed by atoms with van der Waals surface area (Å²) in [5.74, 6) is 2.19. The van der Waals surface area contributed by atoms with Gasteiger partial charge in [0, 0.05) is 36.2 Å². The van der Waals surface area contributed by atoms with Crippen LogP contribution in [0.5, 0.6) is 17.2 Å². The van der Waals surface area contributed by atoms with Crippen molar-refractivity contribution in [3.8, 4) is 17.2 Å². The molecule has 0 aromatic heterocycles. The highest BCUT2D eigenvalue weighted by atomic mass is 16.5. The smallest absolute Gasteiger partial charge is 0.227 e. The van der Waals surface area contributed by atoms with E-state index in [4.69, 9.17) is 14.2 Å². The second-order valence-electron chi connectivity index (χ2n) is 7.10. The Kier molecular flexibility index (Phi) is 6.75. The lowest BCUT2D eigenvalue weighted by Gasteiger charge is -2.31. The van der Waals surface area contributed by atoms with Gasteiger partial charge in [-0.2, -0.15) is 0 Å². The molecule has 1 heterocycles. The van der Waals surface area contributed by atoms with Gasteiger partial charge in [0.15, 0.2) is 5.78 Å². The van der Waals surface area contributed by atoms with Crippen LogP contribution in [-0.4, -0.2) is 51.0 Å². The maximum atomic E-state index is 12.7. The number of ketones is 1. The van der Waals surface area contributed by atoms with Crippen molar-refractivity contribution in [1.29, 1.82) is 0 Å². The van der Waals surface area contributed by atoms with E-state index in [1.165, 1.54) is 0 Å². The number of carbonyl (C=O) groups is 2. The average molecular weight is 397 g/mol. The highest BCUT2D eigenvalue weighted by molar-refractivity contribution is 5.98. The number of carbonyl (C=O) groups excluding carboxylic acids is 2. The standard InChI is InChI=1S/C23H27NO5/c1-27-19-7-4-16(5-8-19)23(26)17-10-12-24(13-11-17)22(25)14-18-6-9-20(28-2)15-21(18)29-3/h4-9,15,17H,10-14H2,1-3H3. The minimum absolute atomic E-state index is 0.0452. The van der Waals surface area contributed by atoms with Crippen LogP contribution < -0.4 is 14.2 Å². The Labute approximate surface area is 171 Å². The van der Waals surface area contributed by atoms with Crippen molar-refractivity contribution in [1.82, 2.24) is 4.90 Å². The third kappa shape index (κ3) is 4.88. The van der Waals surface area contributed by atoms with Crippen molar-refractivity contribution in [3.63, 3.8) is 0 Å². The first-order valence-electron chi connectivity index (χ1n) is 9.72. The summed E-state index contributed by atoms with van der Waals surface area (Å²) < 4.78 is 15.7. The van der Waals surface area contributed by atoms with Gasteiger partial charge in [0.05, 0.1) is 27.8 Å². The highest BCUT2D eigenvalue weighted by Gasteiger charge is 2.28. The van der Waals surface area contributed by atoms with Gasteiger partial charge in [0.1, 0.15) is 17.2 Å². The summed E-state index contributed by atoms with van der Waals surface area (Å²) in [4.78, 5) is 27.3. The molecule has 0 N–H and O–H groups in total. The van der Waals surface area contributed by atoms with Crippen LogP contribution in [0.15, 0.2) is 42.5 Å². The molecule has 6 heteroatoms. The SMILES string of the molecule is COc1ccc(C(=O)C2CCN(C(=O)Cc3ccc(OC)cc3OC)CC2)cc1. The largest absolute Gasteiger partial charge is 0.497 e. The molecule has 6 nitrogen and oxygen atoms in total. The molecule has 0 saturated carbocycles. The molecule has 29 heavy (non-hydrogen) atoms. The van der Waals surface area contributed by atoms with E-state index in [0.717, 1.165) is 11.3 Å². The molecule has 0 radical (unpaired) electrons. The number of piperidine rings is 1. The van der Waals surface area contributed by atoms with Crippen molar-refractivity contribution >= 4 is 11.7 Å². The van der Waals surface area contributed by atoms with Crippen LogP contribution in [0.4, 0.5) is 0 Å². The molecule has 1 saturated heterocycles. The van der Waals surface area contributed by atoms with Gasteiger partial charge in [0.25, 0.3) is 0 Å². The minimum atomic E-state index is -0.0528. The van der Waals surface area contributed by atoms with Crippen LogP contribution in [0, 0.1) is 5.92 Å². The third-order valence-electron chi connectivity index (χ3n) is 5.43. The Balaban J connectivity index is 1.57. The fourth-order valence-electron chi connectivity index (χ4n) is 3.65. The van der Waals surface area contributed by atoms with Gasteiger partial charge >= 0.3 is 0 Å². The van der Waals surface area contributed by atoms with Gasteiger partial charge in [-0.3, -0.25) is 9.59 Å². The van der Waals surface area contributed by atoms with Crippen molar-refractivity contribution in [2.45, 2.75) is 19.3 Å². The molecule has 1 fully saturated rings. The molecular formula is C23H27NO5. The lowest BCUT2D eigenvalue weighted by molar-refractivity contribution is -0.131. The van der Waals surface area contributed by atoms with Crippen molar-refractivity contribution in [2.24, 2.45) is 5.92 Å². The molecule has 1 aliphatic rings. The van der Waals surface area contributed by atoms with Gasteiger partial charge in [-0.05, 0) is 43.2 Å². The summed E-state index contributed by atoms with van der Waals surface area (Å²) in [7, 11) is 4.78. The van der Waals surface area contributed by atoms with E-state index in [-0.39, 0.29) is 24.0 Å². The van der Waals surface area contributed by atoms with Crippen molar-refractivity contribution < 1.29 is 23.8 Å². The summed E-state index contributed by atoms with van der Waals surface area (Å²) in [6.07, 6.45) is 1.62. The molecule has 2 aromatic carbocycles. The maximum Gasteiger partial charge on any atom is 0.227 e. The van der Waals surface area contributed by atoms with E-state index in [9.17, 15) is 9.59 Å².